The number of amides is 1. The van der Waals surface area contributed by atoms with Crippen LogP contribution in [0.3, 0.4) is 0 Å². The molecule has 152 valence electrons. The van der Waals surface area contributed by atoms with E-state index in [0.717, 1.165) is 16.9 Å². The van der Waals surface area contributed by atoms with E-state index in [9.17, 15) is 9.18 Å². The van der Waals surface area contributed by atoms with Crippen LogP contribution in [-0.2, 0) is 7.05 Å². The van der Waals surface area contributed by atoms with E-state index in [2.05, 4.69) is 15.3 Å². The van der Waals surface area contributed by atoms with Crippen LogP contribution in [0.25, 0.3) is 10.6 Å². The van der Waals surface area contributed by atoms with Crippen LogP contribution in [0.4, 0.5) is 4.39 Å². The second-order valence-electron chi connectivity index (χ2n) is 6.62. The second-order valence-corrected chi connectivity index (χ2v) is 7.48. The van der Waals surface area contributed by atoms with Gasteiger partial charge in [-0.1, -0.05) is 12.1 Å². The fourth-order valence-corrected chi connectivity index (χ4v) is 3.86. The number of nitrogens with zero attached hydrogens (tertiary/aromatic N) is 3. The van der Waals surface area contributed by atoms with Crippen molar-refractivity contribution >= 4 is 17.2 Å². The van der Waals surface area contributed by atoms with Gasteiger partial charge < -0.3 is 14.6 Å². The normalized spacial score (nSPS) is 11.8. The molecule has 0 saturated carbocycles. The van der Waals surface area contributed by atoms with Gasteiger partial charge in [0.25, 0.3) is 5.91 Å². The van der Waals surface area contributed by atoms with Crippen LogP contribution >= 0.6 is 11.3 Å². The average Bonchev–Trinajstić information content (AvgIpc) is 3.42. The first-order valence-corrected chi connectivity index (χ1v) is 10.1. The molecule has 0 spiro atoms. The van der Waals surface area contributed by atoms with E-state index in [0.29, 0.717) is 16.5 Å². The van der Waals surface area contributed by atoms with E-state index in [-0.39, 0.29) is 11.7 Å². The Morgan fingerprint density at radius 2 is 1.90 bits per heavy atom. The molecule has 0 bridgehead atoms. The van der Waals surface area contributed by atoms with E-state index in [1.165, 1.54) is 23.5 Å². The second kappa shape index (κ2) is 8.46. The van der Waals surface area contributed by atoms with Crippen LogP contribution in [0.5, 0.6) is 5.75 Å². The number of carbonyl (C=O) groups is 1. The lowest BCUT2D eigenvalue weighted by Crippen LogP contribution is -2.31. The minimum atomic E-state index is -0.459. The molecule has 6 nitrogen and oxygen atoms in total. The maximum Gasteiger partial charge on any atom is 0.271 e. The number of nitrogens with one attached hydrogen (secondary N) is 1. The van der Waals surface area contributed by atoms with Crippen LogP contribution in [0.15, 0.2) is 66.3 Å². The molecule has 1 unspecified atom stereocenters. The van der Waals surface area contributed by atoms with Crippen LogP contribution in [-0.4, -0.2) is 27.6 Å². The third-order valence-electron chi connectivity index (χ3n) is 4.67. The summed E-state index contributed by atoms with van der Waals surface area (Å²) in [4.78, 5) is 21.8. The van der Waals surface area contributed by atoms with Crippen molar-refractivity contribution in [2.45, 2.75) is 6.04 Å². The topological polar surface area (TPSA) is 69.0 Å². The molecule has 30 heavy (non-hydrogen) atoms. The van der Waals surface area contributed by atoms with Gasteiger partial charge in [-0.15, -0.1) is 11.3 Å². The average molecular weight is 422 g/mol. The molecule has 0 aliphatic heterocycles. The van der Waals surface area contributed by atoms with Crippen molar-refractivity contribution in [3.63, 3.8) is 0 Å². The molecule has 4 aromatic rings. The number of ether oxygens (including phenoxy) is 1. The first kappa shape index (κ1) is 19.8. The summed E-state index contributed by atoms with van der Waals surface area (Å²) in [6, 6.07) is 13.0. The zero-order valence-corrected chi connectivity index (χ0v) is 17.2. The monoisotopic (exact) mass is 422 g/mol. The van der Waals surface area contributed by atoms with E-state index in [4.69, 9.17) is 4.74 Å². The number of benzene rings is 2. The van der Waals surface area contributed by atoms with Crippen LogP contribution in [0.1, 0.15) is 27.9 Å². The molecule has 1 amide bonds. The summed E-state index contributed by atoms with van der Waals surface area (Å²) >= 11 is 1.33. The molecule has 4 rings (SSSR count). The maximum atomic E-state index is 13.2. The number of hydrogen-bond donors (Lipinski definition) is 1. The van der Waals surface area contributed by atoms with Crippen LogP contribution in [0, 0.1) is 5.82 Å². The largest absolute Gasteiger partial charge is 0.497 e. The van der Waals surface area contributed by atoms with Gasteiger partial charge in [0.2, 0.25) is 0 Å². The molecule has 8 heteroatoms. The van der Waals surface area contributed by atoms with E-state index >= 15 is 0 Å². The van der Waals surface area contributed by atoms with Crippen LogP contribution in [0.2, 0.25) is 0 Å². The van der Waals surface area contributed by atoms with E-state index in [1.54, 1.807) is 30.8 Å². The number of halogens is 1. The SMILES string of the molecule is COc1ccc(C(NC(=O)c2csc(-c3ccc(F)cc3)n2)c2nccn2C)cc1. The molecule has 0 aliphatic rings. The van der Waals surface area contributed by atoms with Crippen molar-refractivity contribution in [3.05, 3.63) is 89.2 Å². The fraction of sp³-hybridized carbons (Fsp3) is 0.136. The zero-order valence-electron chi connectivity index (χ0n) is 16.4. The summed E-state index contributed by atoms with van der Waals surface area (Å²) < 4.78 is 20.2. The summed E-state index contributed by atoms with van der Waals surface area (Å²) in [5, 5.41) is 5.37. The Morgan fingerprint density at radius 3 is 2.53 bits per heavy atom. The lowest BCUT2D eigenvalue weighted by Gasteiger charge is -2.19. The van der Waals surface area contributed by atoms with E-state index in [1.807, 2.05) is 42.1 Å². The van der Waals surface area contributed by atoms with Crippen molar-refractivity contribution in [2.24, 2.45) is 7.05 Å². The molecular formula is C22H19FN4O2S. The highest BCUT2D eigenvalue weighted by Gasteiger charge is 2.23. The van der Waals surface area contributed by atoms with Gasteiger partial charge in [-0.05, 0) is 42.0 Å². The molecule has 2 aromatic heterocycles. The first-order chi connectivity index (χ1) is 14.5. The lowest BCUT2D eigenvalue weighted by atomic mass is 10.1. The van der Waals surface area contributed by atoms with Crippen molar-refractivity contribution in [3.8, 4) is 16.3 Å². The molecule has 1 atom stereocenters. The molecule has 0 fully saturated rings. The number of methoxy groups -OCH3 is 1. The molecule has 0 radical (unpaired) electrons. The predicted molar refractivity (Wildman–Crippen MR) is 113 cm³/mol. The van der Waals surface area contributed by atoms with Crippen LogP contribution < -0.4 is 10.1 Å². The van der Waals surface area contributed by atoms with Crippen molar-refractivity contribution in [2.75, 3.05) is 7.11 Å². The highest BCUT2D eigenvalue weighted by atomic mass is 32.1. The number of rotatable bonds is 6. The Morgan fingerprint density at radius 1 is 1.17 bits per heavy atom. The number of aromatic nitrogens is 3. The van der Waals surface area contributed by atoms with Gasteiger partial charge in [-0.3, -0.25) is 4.79 Å². The van der Waals surface area contributed by atoms with Crippen molar-refractivity contribution in [1.82, 2.24) is 19.9 Å². The van der Waals surface area contributed by atoms with E-state index < -0.39 is 6.04 Å². The fourth-order valence-electron chi connectivity index (χ4n) is 3.06. The van der Waals surface area contributed by atoms with Gasteiger partial charge in [0, 0.05) is 30.4 Å². The standard InChI is InChI=1S/C22H19FN4O2S/c1-27-12-11-24-20(27)19(14-5-9-17(29-2)10-6-14)26-21(28)18-13-30-22(25-18)15-3-7-16(23)8-4-15/h3-13,19H,1-2H3,(H,26,28). The van der Waals surface area contributed by atoms with Gasteiger partial charge in [0.1, 0.15) is 34.1 Å². The molecule has 0 saturated heterocycles. The van der Waals surface area contributed by atoms with Crippen molar-refractivity contribution in [1.29, 1.82) is 0 Å². The number of hydrogen-bond acceptors (Lipinski definition) is 5. The summed E-state index contributed by atoms with van der Waals surface area (Å²) in [5.74, 6) is 0.795. The third-order valence-corrected chi connectivity index (χ3v) is 5.56. The molecule has 2 heterocycles. The number of carbonyl (C=O) groups excluding carboxylic acids is 1. The Kier molecular flexibility index (Phi) is 5.58. The van der Waals surface area contributed by atoms with Gasteiger partial charge in [0.15, 0.2) is 0 Å². The van der Waals surface area contributed by atoms with Gasteiger partial charge in [0.05, 0.1) is 7.11 Å². The number of aryl methyl sites for hydroxylation is 1. The Hall–Kier alpha value is -3.52. The summed E-state index contributed by atoms with van der Waals surface area (Å²) in [6.07, 6.45) is 3.51. The summed E-state index contributed by atoms with van der Waals surface area (Å²) in [6.45, 7) is 0. The Bertz CT molecular complexity index is 1150. The van der Waals surface area contributed by atoms with Gasteiger partial charge in [-0.25, -0.2) is 14.4 Å². The minimum absolute atomic E-state index is 0.298. The Balaban J connectivity index is 1.60. The van der Waals surface area contributed by atoms with Gasteiger partial charge in [-0.2, -0.15) is 0 Å². The maximum absolute atomic E-state index is 13.2. The summed E-state index contributed by atoms with van der Waals surface area (Å²) in [7, 11) is 3.48. The predicted octanol–water partition coefficient (Wildman–Crippen LogP) is 4.21. The number of imidazole rings is 1. The molecule has 2 aromatic carbocycles. The Labute approximate surface area is 177 Å². The van der Waals surface area contributed by atoms with Crippen molar-refractivity contribution < 1.29 is 13.9 Å². The van der Waals surface area contributed by atoms with Gasteiger partial charge >= 0.3 is 0 Å². The molecule has 0 aliphatic carbocycles. The molecule has 1 N–H and O–H groups in total. The number of thiazole rings is 1. The lowest BCUT2D eigenvalue weighted by molar-refractivity contribution is 0.0937. The third kappa shape index (κ3) is 4.08. The minimum Gasteiger partial charge on any atom is -0.497 e. The molecular weight excluding hydrogens is 403 g/mol. The highest BCUT2D eigenvalue weighted by Crippen LogP contribution is 2.26. The highest BCUT2D eigenvalue weighted by molar-refractivity contribution is 7.13. The quantitative estimate of drug-likeness (QED) is 0.505. The zero-order chi connectivity index (χ0) is 21.1. The summed E-state index contributed by atoms with van der Waals surface area (Å²) in [5.41, 5.74) is 1.93. The first-order valence-electron chi connectivity index (χ1n) is 9.18. The smallest absolute Gasteiger partial charge is 0.271 e.